The minimum absolute atomic E-state index is 0.0175. The van der Waals surface area contributed by atoms with Crippen molar-refractivity contribution in [3.8, 4) is 5.69 Å². The van der Waals surface area contributed by atoms with Crippen LogP contribution in [0.4, 0.5) is 0 Å². The van der Waals surface area contributed by atoms with Crippen LogP contribution in [0.25, 0.3) is 15.9 Å². The van der Waals surface area contributed by atoms with E-state index in [4.69, 9.17) is 4.98 Å². The molecular weight excluding hydrogens is 336 g/mol. The normalized spacial score (nSPS) is 11.1. The highest BCUT2D eigenvalue weighted by atomic mass is 32.2. The van der Waals surface area contributed by atoms with Crippen LogP contribution in [0, 0.1) is 13.8 Å². The van der Waals surface area contributed by atoms with Crippen LogP contribution in [-0.2, 0) is 6.42 Å². The van der Waals surface area contributed by atoms with Gasteiger partial charge in [0.1, 0.15) is 4.83 Å². The molecule has 0 radical (unpaired) electrons. The number of aryl methyl sites for hydroxylation is 3. The van der Waals surface area contributed by atoms with E-state index in [1.165, 1.54) is 22.2 Å². The van der Waals surface area contributed by atoms with Crippen molar-refractivity contribution in [3.05, 3.63) is 63.3 Å². The largest absolute Gasteiger partial charge is 0.268 e. The predicted molar refractivity (Wildman–Crippen MR) is 105 cm³/mol. The van der Waals surface area contributed by atoms with Gasteiger partial charge in [-0.05, 0) is 38.0 Å². The molecular formula is C19H20N2OS2. The Labute approximate surface area is 150 Å². The third-order valence-electron chi connectivity index (χ3n) is 3.98. The monoisotopic (exact) mass is 356 g/mol. The molecule has 0 saturated heterocycles. The summed E-state index contributed by atoms with van der Waals surface area (Å²) < 4.78 is 1.73. The maximum absolute atomic E-state index is 13.2. The number of fused-ring (bicyclic) bond motifs is 1. The Hall–Kier alpha value is -1.85. The van der Waals surface area contributed by atoms with Gasteiger partial charge in [-0.3, -0.25) is 9.36 Å². The summed E-state index contributed by atoms with van der Waals surface area (Å²) in [4.78, 5) is 20.1. The molecule has 5 heteroatoms. The molecule has 3 nitrogen and oxygen atoms in total. The summed E-state index contributed by atoms with van der Waals surface area (Å²) in [6.45, 7) is 9.95. The lowest BCUT2D eigenvalue weighted by Gasteiger charge is -2.12. The molecule has 0 bridgehead atoms. The molecule has 2 heterocycles. The lowest BCUT2D eigenvalue weighted by Crippen LogP contribution is -2.21. The minimum Gasteiger partial charge on any atom is -0.268 e. The van der Waals surface area contributed by atoms with E-state index in [-0.39, 0.29) is 5.56 Å². The van der Waals surface area contributed by atoms with Crippen LogP contribution in [0.3, 0.4) is 0 Å². The number of hydrogen-bond donors (Lipinski definition) is 0. The van der Waals surface area contributed by atoms with Crippen LogP contribution < -0.4 is 5.56 Å². The Bertz CT molecular complexity index is 952. The zero-order valence-corrected chi connectivity index (χ0v) is 15.8. The van der Waals surface area contributed by atoms with Gasteiger partial charge in [-0.15, -0.1) is 17.9 Å². The smallest absolute Gasteiger partial charge is 0.267 e. The summed E-state index contributed by atoms with van der Waals surface area (Å²) in [7, 11) is 0. The number of rotatable bonds is 5. The van der Waals surface area contributed by atoms with Gasteiger partial charge in [-0.25, -0.2) is 4.98 Å². The fourth-order valence-electron chi connectivity index (χ4n) is 2.70. The third kappa shape index (κ3) is 2.94. The molecule has 0 spiro atoms. The average Bonchev–Trinajstić information content (AvgIpc) is 2.90. The molecule has 0 saturated carbocycles. The lowest BCUT2D eigenvalue weighted by molar-refractivity contribution is 0.822. The molecule has 0 aliphatic rings. The minimum atomic E-state index is 0.0175. The fourth-order valence-corrected chi connectivity index (χ4v) is 4.60. The number of thioether (sulfide) groups is 1. The number of nitrogens with zero attached hydrogens (tertiary/aromatic N) is 2. The first-order valence-electron chi connectivity index (χ1n) is 7.92. The lowest BCUT2D eigenvalue weighted by atomic mass is 10.2. The van der Waals surface area contributed by atoms with E-state index in [1.54, 1.807) is 15.9 Å². The van der Waals surface area contributed by atoms with Gasteiger partial charge in [0, 0.05) is 10.6 Å². The Morgan fingerprint density at radius 3 is 2.62 bits per heavy atom. The molecule has 124 valence electrons. The molecule has 24 heavy (non-hydrogen) atoms. The van der Waals surface area contributed by atoms with E-state index in [2.05, 4.69) is 13.5 Å². The zero-order valence-electron chi connectivity index (χ0n) is 14.1. The third-order valence-corrected chi connectivity index (χ3v) is 6.24. The summed E-state index contributed by atoms with van der Waals surface area (Å²) in [5.41, 5.74) is 3.11. The molecule has 0 N–H and O–H groups in total. The number of aromatic nitrogens is 2. The number of hydrogen-bond acceptors (Lipinski definition) is 4. The van der Waals surface area contributed by atoms with E-state index in [0.29, 0.717) is 0 Å². The van der Waals surface area contributed by atoms with Crippen LogP contribution in [-0.4, -0.2) is 15.3 Å². The highest BCUT2D eigenvalue weighted by Crippen LogP contribution is 2.30. The Kier molecular flexibility index (Phi) is 4.92. The molecule has 3 aromatic rings. The Morgan fingerprint density at radius 1 is 1.29 bits per heavy atom. The second-order valence-electron chi connectivity index (χ2n) is 5.65. The van der Waals surface area contributed by atoms with Gasteiger partial charge >= 0.3 is 0 Å². The highest BCUT2D eigenvalue weighted by molar-refractivity contribution is 7.99. The van der Waals surface area contributed by atoms with Gasteiger partial charge in [0.25, 0.3) is 5.56 Å². The van der Waals surface area contributed by atoms with E-state index in [9.17, 15) is 4.79 Å². The first-order chi connectivity index (χ1) is 11.6. The average molecular weight is 357 g/mol. The molecule has 0 atom stereocenters. The van der Waals surface area contributed by atoms with E-state index >= 15 is 0 Å². The van der Waals surface area contributed by atoms with Crippen molar-refractivity contribution in [1.29, 1.82) is 0 Å². The molecule has 0 aliphatic heterocycles. The SMILES string of the molecule is C=CCSc1nc2sc(CC)c(C)c2c(=O)n1-c1ccc(C)cc1. The van der Waals surface area contributed by atoms with Gasteiger partial charge in [-0.2, -0.15) is 0 Å². The molecule has 0 unspecified atom stereocenters. The second kappa shape index (κ2) is 6.95. The van der Waals surface area contributed by atoms with Gasteiger partial charge in [-0.1, -0.05) is 42.5 Å². The summed E-state index contributed by atoms with van der Waals surface area (Å²) in [6.07, 6.45) is 2.75. The predicted octanol–water partition coefficient (Wildman–Crippen LogP) is 4.90. The van der Waals surface area contributed by atoms with Crippen LogP contribution in [0.1, 0.15) is 22.9 Å². The first-order valence-corrected chi connectivity index (χ1v) is 9.72. The number of thiophene rings is 1. The fraction of sp³-hybridized carbons (Fsp3) is 0.263. The maximum Gasteiger partial charge on any atom is 0.267 e. The topological polar surface area (TPSA) is 34.9 Å². The maximum atomic E-state index is 13.2. The molecule has 0 amide bonds. The van der Waals surface area contributed by atoms with E-state index < -0.39 is 0 Å². The Balaban J connectivity index is 2.33. The van der Waals surface area contributed by atoms with Gasteiger partial charge in [0.05, 0.1) is 11.1 Å². The first kappa shape index (κ1) is 17.0. The summed E-state index contributed by atoms with van der Waals surface area (Å²) in [5.74, 6) is 0.717. The summed E-state index contributed by atoms with van der Waals surface area (Å²) in [5, 5.41) is 1.47. The van der Waals surface area contributed by atoms with E-state index in [1.807, 2.05) is 44.2 Å². The zero-order chi connectivity index (χ0) is 17.3. The van der Waals surface area contributed by atoms with Gasteiger partial charge in [0.15, 0.2) is 5.16 Å². The summed E-state index contributed by atoms with van der Waals surface area (Å²) in [6, 6.07) is 7.99. The highest BCUT2D eigenvalue weighted by Gasteiger charge is 2.18. The van der Waals surface area contributed by atoms with Crippen molar-refractivity contribution >= 4 is 33.3 Å². The standard InChI is InChI=1S/C19H20N2OS2/c1-5-11-23-19-20-17-16(13(4)15(6-2)24-17)18(22)21(19)14-9-7-12(3)8-10-14/h5,7-10H,1,6,11H2,2-4H3. The van der Waals surface area contributed by atoms with Crippen LogP contribution in [0.5, 0.6) is 0 Å². The van der Waals surface area contributed by atoms with Crippen molar-refractivity contribution in [1.82, 2.24) is 9.55 Å². The van der Waals surface area contributed by atoms with Crippen LogP contribution in [0.15, 0.2) is 46.9 Å². The molecule has 1 aromatic carbocycles. The molecule has 2 aromatic heterocycles. The van der Waals surface area contributed by atoms with Crippen molar-refractivity contribution in [2.45, 2.75) is 32.3 Å². The quantitative estimate of drug-likeness (QED) is 0.370. The van der Waals surface area contributed by atoms with Crippen molar-refractivity contribution in [3.63, 3.8) is 0 Å². The molecule has 0 fully saturated rings. The van der Waals surface area contributed by atoms with Gasteiger partial charge in [0.2, 0.25) is 0 Å². The van der Waals surface area contributed by atoms with Crippen molar-refractivity contribution in [2.75, 3.05) is 5.75 Å². The van der Waals surface area contributed by atoms with Crippen molar-refractivity contribution < 1.29 is 0 Å². The van der Waals surface area contributed by atoms with E-state index in [0.717, 1.165) is 38.8 Å². The van der Waals surface area contributed by atoms with Crippen LogP contribution >= 0.6 is 23.1 Å². The molecule has 0 aliphatic carbocycles. The molecule has 3 rings (SSSR count). The summed E-state index contributed by atoms with van der Waals surface area (Å²) >= 11 is 3.17. The van der Waals surface area contributed by atoms with Gasteiger partial charge < -0.3 is 0 Å². The van der Waals surface area contributed by atoms with Crippen molar-refractivity contribution in [2.24, 2.45) is 0 Å². The van der Waals surface area contributed by atoms with Crippen LogP contribution in [0.2, 0.25) is 0 Å². The Morgan fingerprint density at radius 2 is 2.00 bits per heavy atom. The second-order valence-corrected chi connectivity index (χ2v) is 7.72. The number of benzene rings is 1.